The van der Waals surface area contributed by atoms with Crippen molar-refractivity contribution in [3.8, 4) is 0 Å². The van der Waals surface area contributed by atoms with E-state index in [9.17, 15) is 18.8 Å². The Bertz CT molecular complexity index is 1450. The quantitative estimate of drug-likeness (QED) is 0.398. The number of fused-ring (bicyclic) bond motifs is 2. The summed E-state index contributed by atoms with van der Waals surface area (Å²) in [5, 5.41) is 5.09. The van der Waals surface area contributed by atoms with Gasteiger partial charge in [-0.3, -0.25) is 14.9 Å². The van der Waals surface area contributed by atoms with Crippen molar-refractivity contribution in [2.75, 3.05) is 24.1 Å². The number of halogens is 3. The molecule has 2 atom stereocenters. The van der Waals surface area contributed by atoms with E-state index in [-0.39, 0.29) is 47.8 Å². The van der Waals surface area contributed by atoms with E-state index in [1.165, 1.54) is 47.4 Å². The number of rotatable bonds is 5. The van der Waals surface area contributed by atoms with Crippen LogP contribution in [0.5, 0.6) is 0 Å². The van der Waals surface area contributed by atoms with Gasteiger partial charge in [0.1, 0.15) is 11.9 Å². The van der Waals surface area contributed by atoms with Crippen molar-refractivity contribution in [3.05, 3.63) is 94.0 Å². The molecular formula is C28H25ClF2N4O4. The summed E-state index contributed by atoms with van der Waals surface area (Å²) in [6, 6.07) is 13.7. The number of hydrogen-bond acceptors (Lipinski definition) is 5. The van der Waals surface area contributed by atoms with Gasteiger partial charge in [0.05, 0.1) is 22.8 Å². The van der Waals surface area contributed by atoms with Crippen molar-refractivity contribution < 1.29 is 27.9 Å². The normalized spacial score (nSPS) is 19.1. The molecule has 1 spiro atoms. The van der Waals surface area contributed by atoms with Gasteiger partial charge in [0.2, 0.25) is 5.91 Å². The highest BCUT2D eigenvalue weighted by molar-refractivity contribution is 6.31. The van der Waals surface area contributed by atoms with Crippen LogP contribution in [0.4, 0.5) is 25.0 Å². The maximum absolute atomic E-state index is 15.3. The van der Waals surface area contributed by atoms with Crippen LogP contribution in [-0.4, -0.2) is 41.9 Å². The van der Waals surface area contributed by atoms with Crippen LogP contribution in [0.2, 0.25) is 5.02 Å². The summed E-state index contributed by atoms with van der Waals surface area (Å²) in [4.78, 5) is 40.8. The van der Waals surface area contributed by atoms with Crippen LogP contribution in [0, 0.1) is 11.6 Å². The summed E-state index contributed by atoms with van der Waals surface area (Å²) >= 11 is 6.05. The molecule has 0 aromatic heterocycles. The summed E-state index contributed by atoms with van der Waals surface area (Å²) in [6.07, 6.45) is -0.116. The molecule has 2 aliphatic rings. The Labute approximate surface area is 228 Å². The summed E-state index contributed by atoms with van der Waals surface area (Å²) in [5.41, 5.74) is 5.79. The molecule has 3 aromatic carbocycles. The molecule has 0 radical (unpaired) electrons. The zero-order chi connectivity index (χ0) is 27.7. The number of anilines is 2. The third-order valence-corrected chi connectivity index (χ3v) is 7.24. The van der Waals surface area contributed by atoms with Gasteiger partial charge in [-0.05, 0) is 66.9 Å². The average molecular weight is 555 g/mol. The van der Waals surface area contributed by atoms with Crippen LogP contribution >= 0.6 is 11.6 Å². The molecule has 39 heavy (non-hydrogen) atoms. The lowest BCUT2D eigenvalue weighted by Crippen LogP contribution is -2.57. The van der Waals surface area contributed by atoms with Crippen molar-refractivity contribution in [3.63, 3.8) is 0 Å². The lowest BCUT2D eigenvalue weighted by Gasteiger charge is -2.45. The van der Waals surface area contributed by atoms with E-state index in [2.05, 4.69) is 10.6 Å². The number of nitrogens with one attached hydrogen (secondary N) is 2. The minimum atomic E-state index is -1.47. The molecule has 0 saturated carbocycles. The van der Waals surface area contributed by atoms with E-state index in [1.54, 1.807) is 18.2 Å². The second-order valence-corrected chi connectivity index (χ2v) is 10.0. The Hall–Kier alpha value is -4.18. The molecule has 202 valence electrons. The first kappa shape index (κ1) is 26.4. The molecule has 5 rings (SSSR count). The minimum absolute atomic E-state index is 0.00107. The monoisotopic (exact) mass is 554 g/mol. The smallest absolute Gasteiger partial charge is 0.412 e. The van der Waals surface area contributed by atoms with Crippen molar-refractivity contribution in [1.82, 2.24) is 10.2 Å². The molecule has 0 aliphatic carbocycles. The SMILES string of the molecule is Nc1ccc(C(=O)N[C@@H](Cc2cccc(F)c2)C(=O)N2CCCC3(C2)OC(=O)Nc2ccc(Cl)c(F)c23)cc1. The van der Waals surface area contributed by atoms with Gasteiger partial charge in [-0.15, -0.1) is 0 Å². The van der Waals surface area contributed by atoms with Crippen LogP contribution in [-0.2, 0) is 21.6 Å². The molecule has 0 bridgehead atoms. The van der Waals surface area contributed by atoms with Crippen LogP contribution < -0.4 is 16.4 Å². The zero-order valence-electron chi connectivity index (χ0n) is 20.7. The molecule has 1 fully saturated rings. The van der Waals surface area contributed by atoms with E-state index in [4.69, 9.17) is 22.1 Å². The van der Waals surface area contributed by atoms with Gasteiger partial charge in [0, 0.05) is 24.2 Å². The molecule has 4 N–H and O–H groups in total. The van der Waals surface area contributed by atoms with E-state index in [1.807, 2.05) is 0 Å². The number of likely N-dealkylation sites (tertiary alicyclic amines) is 1. The Morgan fingerprint density at radius 2 is 1.92 bits per heavy atom. The second kappa shape index (κ2) is 10.5. The lowest BCUT2D eigenvalue weighted by atomic mass is 9.82. The first-order chi connectivity index (χ1) is 18.6. The second-order valence-electron chi connectivity index (χ2n) is 9.64. The standard InChI is InChI=1S/C28H25ClF2N4O4/c29-20-9-10-21-23(24(20)31)28(39-27(38)34-21)11-2-12-35(15-28)26(37)22(14-16-3-1-4-18(30)13-16)33-25(36)17-5-7-19(32)8-6-17/h1,3-10,13,22H,2,11-12,14-15,32H2,(H,33,36)(H,34,38)/t22-,28?/m0/s1. The van der Waals surface area contributed by atoms with Crippen molar-refractivity contribution in [1.29, 1.82) is 0 Å². The number of amides is 3. The predicted molar refractivity (Wildman–Crippen MR) is 141 cm³/mol. The Kier molecular flexibility index (Phi) is 7.14. The summed E-state index contributed by atoms with van der Waals surface area (Å²) in [7, 11) is 0. The molecule has 3 aromatic rings. The van der Waals surface area contributed by atoms with Gasteiger partial charge < -0.3 is 20.7 Å². The predicted octanol–water partition coefficient (Wildman–Crippen LogP) is 4.62. The number of nitrogens with zero attached hydrogens (tertiary/aromatic N) is 1. The number of carbonyl (C=O) groups is 3. The molecular weight excluding hydrogens is 530 g/mol. The number of piperidine rings is 1. The molecule has 3 amide bonds. The van der Waals surface area contributed by atoms with Gasteiger partial charge in [-0.1, -0.05) is 23.7 Å². The highest BCUT2D eigenvalue weighted by Gasteiger charge is 2.49. The van der Waals surface area contributed by atoms with E-state index in [0.717, 1.165) is 0 Å². The first-order valence-electron chi connectivity index (χ1n) is 12.3. The molecule has 1 saturated heterocycles. The highest BCUT2D eigenvalue weighted by Crippen LogP contribution is 2.45. The third kappa shape index (κ3) is 5.37. The highest BCUT2D eigenvalue weighted by atomic mass is 35.5. The maximum Gasteiger partial charge on any atom is 0.412 e. The fraction of sp³-hybridized carbons (Fsp3) is 0.250. The van der Waals surface area contributed by atoms with Crippen molar-refractivity contribution in [2.24, 2.45) is 0 Å². The Morgan fingerprint density at radius 1 is 1.15 bits per heavy atom. The number of hydrogen-bond donors (Lipinski definition) is 3. The summed E-state index contributed by atoms with van der Waals surface area (Å²) in [5.74, 6) is -2.23. The molecule has 2 heterocycles. The van der Waals surface area contributed by atoms with E-state index < -0.39 is 41.2 Å². The van der Waals surface area contributed by atoms with Crippen molar-refractivity contribution >= 4 is 40.9 Å². The van der Waals surface area contributed by atoms with Crippen molar-refractivity contribution in [2.45, 2.75) is 30.9 Å². The van der Waals surface area contributed by atoms with Crippen LogP contribution in [0.1, 0.15) is 34.3 Å². The lowest BCUT2D eigenvalue weighted by molar-refractivity contribution is -0.141. The van der Waals surface area contributed by atoms with Gasteiger partial charge >= 0.3 is 6.09 Å². The van der Waals surface area contributed by atoms with E-state index >= 15 is 4.39 Å². The minimum Gasteiger partial charge on any atom is -0.436 e. The Morgan fingerprint density at radius 3 is 2.67 bits per heavy atom. The van der Waals surface area contributed by atoms with Crippen LogP contribution in [0.25, 0.3) is 0 Å². The van der Waals surface area contributed by atoms with Gasteiger partial charge in [0.25, 0.3) is 5.91 Å². The van der Waals surface area contributed by atoms with Gasteiger partial charge in [-0.2, -0.15) is 0 Å². The molecule has 11 heteroatoms. The fourth-order valence-corrected chi connectivity index (χ4v) is 5.32. The molecule has 8 nitrogen and oxygen atoms in total. The number of nitrogens with two attached hydrogens (primary N) is 1. The number of benzene rings is 3. The topological polar surface area (TPSA) is 114 Å². The number of ether oxygens (including phenoxy) is 1. The van der Waals surface area contributed by atoms with E-state index in [0.29, 0.717) is 17.7 Å². The summed E-state index contributed by atoms with van der Waals surface area (Å²) in [6.45, 7) is 0.126. The number of carbonyl (C=O) groups excluding carboxylic acids is 3. The average Bonchev–Trinajstić information content (AvgIpc) is 2.90. The molecule has 2 aliphatic heterocycles. The first-order valence-corrected chi connectivity index (χ1v) is 12.7. The van der Waals surface area contributed by atoms with Crippen LogP contribution in [0.15, 0.2) is 60.7 Å². The van der Waals surface area contributed by atoms with Gasteiger partial charge in [-0.25, -0.2) is 13.6 Å². The summed E-state index contributed by atoms with van der Waals surface area (Å²) < 4.78 is 34.8. The fourth-order valence-electron chi connectivity index (χ4n) is 5.16. The Balaban J connectivity index is 1.46. The number of nitrogen functional groups attached to an aromatic ring is 1. The zero-order valence-corrected chi connectivity index (χ0v) is 21.4. The molecule has 1 unspecified atom stereocenters. The largest absolute Gasteiger partial charge is 0.436 e. The maximum atomic E-state index is 15.3. The van der Waals surface area contributed by atoms with Gasteiger partial charge in [0.15, 0.2) is 11.4 Å². The van der Waals surface area contributed by atoms with Crippen LogP contribution in [0.3, 0.4) is 0 Å². The third-order valence-electron chi connectivity index (χ3n) is 6.95.